The van der Waals surface area contributed by atoms with E-state index in [9.17, 15) is 4.39 Å². The van der Waals surface area contributed by atoms with Crippen LogP contribution in [0, 0.1) is 5.82 Å². The van der Waals surface area contributed by atoms with Gasteiger partial charge >= 0.3 is 0 Å². The first-order chi connectivity index (χ1) is 6.12. The van der Waals surface area contributed by atoms with Gasteiger partial charge in [-0.05, 0) is 37.0 Å². The van der Waals surface area contributed by atoms with Gasteiger partial charge in [-0.3, -0.25) is 0 Å². The van der Waals surface area contributed by atoms with Crippen molar-refractivity contribution < 1.29 is 4.39 Å². The van der Waals surface area contributed by atoms with Gasteiger partial charge in [-0.15, -0.1) is 17.0 Å². The fraction of sp³-hybridized carbons (Fsp3) is 0.455. The first kappa shape index (κ1) is 10.1. The van der Waals surface area contributed by atoms with E-state index in [0.29, 0.717) is 5.41 Å². The number of rotatable bonds is 1. The summed E-state index contributed by atoms with van der Waals surface area (Å²) in [7, 11) is 0. The highest BCUT2D eigenvalue weighted by atomic mass is 79.9. The molecule has 2 N–H and O–H groups in total. The lowest BCUT2D eigenvalue weighted by Gasteiger charge is -2.69. The molecule has 0 amide bonds. The molecule has 0 heterocycles. The van der Waals surface area contributed by atoms with Crippen LogP contribution in [0.4, 0.5) is 4.39 Å². The van der Waals surface area contributed by atoms with Crippen LogP contribution in [0.1, 0.15) is 24.8 Å². The van der Waals surface area contributed by atoms with Crippen LogP contribution in [0.5, 0.6) is 0 Å². The largest absolute Gasteiger partial charge is 0.325 e. The normalized spacial score (nSPS) is 37.9. The molecule has 3 saturated carbocycles. The third-order valence-electron chi connectivity index (χ3n) is 3.53. The van der Waals surface area contributed by atoms with Gasteiger partial charge in [0, 0.05) is 11.0 Å². The van der Waals surface area contributed by atoms with Crippen molar-refractivity contribution in [2.45, 2.75) is 30.2 Å². The highest BCUT2D eigenvalue weighted by molar-refractivity contribution is 8.93. The van der Waals surface area contributed by atoms with Crippen molar-refractivity contribution in [2.24, 2.45) is 5.73 Å². The molecule has 4 rings (SSSR count). The molecule has 0 aliphatic heterocycles. The summed E-state index contributed by atoms with van der Waals surface area (Å²) in [5, 5.41) is 0. The average molecular weight is 258 g/mol. The Morgan fingerprint density at radius 2 is 1.57 bits per heavy atom. The van der Waals surface area contributed by atoms with Crippen molar-refractivity contribution in [2.75, 3.05) is 0 Å². The summed E-state index contributed by atoms with van der Waals surface area (Å²) in [6.07, 6.45) is 3.27. The van der Waals surface area contributed by atoms with E-state index in [0.717, 1.165) is 19.3 Å². The monoisotopic (exact) mass is 257 g/mol. The van der Waals surface area contributed by atoms with Gasteiger partial charge in [0.15, 0.2) is 0 Å². The highest BCUT2D eigenvalue weighted by Crippen LogP contribution is 2.66. The van der Waals surface area contributed by atoms with Crippen molar-refractivity contribution in [3.8, 4) is 0 Å². The fourth-order valence-corrected chi connectivity index (χ4v) is 2.98. The lowest BCUT2D eigenvalue weighted by atomic mass is 9.38. The lowest BCUT2D eigenvalue weighted by molar-refractivity contribution is -0.0590. The quantitative estimate of drug-likeness (QED) is 0.823. The predicted molar refractivity (Wildman–Crippen MR) is 59.2 cm³/mol. The zero-order chi connectivity index (χ0) is 9.10. The van der Waals surface area contributed by atoms with Gasteiger partial charge in [0.1, 0.15) is 5.82 Å². The van der Waals surface area contributed by atoms with Gasteiger partial charge in [0.05, 0.1) is 0 Å². The fourth-order valence-electron chi connectivity index (χ4n) is 2.98. The Hall–Kier alpha value is -0.410. The smallest absolute Gasteiger partial charge is 0.123 e. The van der Waals surface area contributed by atoms with Crippen molar-refractivity contribution in [3.63, 3.8) is 0 Å². The molecule has 3 aliphatic carbocycles. The maximum atomic E-state index is 12.7. The van der Waals surface area contributed by atoms with Crippen LogP contribution < -0.4 is 5.73 Å². The van der Waals surface area contributed by atoms with Gasteiger partial charge in [-0.25, -0.2) is 4.39 Å². The Labute approximate surface area is 93.3 Å². The Kier molecular flexibility index (Phi) is 2.02. The Balaban J connectivity index is 0.000000750. The summed E-state index contributed by atoms with van der Waals surface area (Å²) in [5.74, 6) is -0.155. The van der Waals surface area contributed by atoms with E-state index in [-0.39, 0.29) is 28.3 Å². The van der Waals surface area contributed by atoms with Crippen molar-refractivity contribution in [3.05, 3.63) is 35.6 Å². The molecule has 3 fully saturated rings. The summed E-state index contributed by atoms with van der Waals surface area (Å²) in [5.41, 5.74) is 7.69. The molecule has 3 heteroatoms. The summed E-state index contributed by atoms with van der Waals surface area (Å²) in [6.45, 7) is 0. The predicted octanol–water partition coefficient (Wildman–Crippen LogP) is 2.54. The average Bonchev–Trinajstić information content (AvgIpc) is 1.99. The number of nitrogens with two attached hydrogens (primary N) is 1. The van der Waals surface area contributed by atoms with Crippen LogP contribution in [-0.4, -0.2) is 5.54 Å². The van der Waals surface area contributed by atoms with E-state index in [1.165, 1.54) is 5.56 Å². The molecule has 0 atom stereocenters. The molecule has 0 spiro atoms. The number of hydrogen-bond donors (Lipinski definition) is 1. The minimum absolute atomic E-state index is 0. The van der Waals surface area contributed by atoms with Gasteiger partial charge in [0.2, 0.25) is 0 Å². The standard InChI is InChI=1S/C11H12FN.BrH/c12-9-3-1-8(2-4-9)10-5-11(13,6-10)7-10;/h1-4H,5-7,13H2;1H. The number of hydrogen-bond acceptors (Lipinski definition) is 1. The Morgan fingerprint density at radius 3 is 2.00 bits per heavy atom. The molecule has 1 aromatic carbocycles. The second kappa shape index (κ2) is 2.80. The second-order valence-corrected chi connectivity index (χ2v) is 4.68. The lowest BCUT2D eigenvalue weighted by Crippen LogP contribution is -2.74. The van der Waals surface area contributed by atoms with E-state index in [1.54, 1.807) is 12.1 Å². The summed E-state index contributed by atoms with van der Waals surface area (Å²) in [4.78, 5) is 0. The van der Waals surface area contributed by atoms with E-state index < -0.39 is 0 Å². The highest BCUT2D eigenvalue weighted by Gasteiger charge is 2.66. The minimum Gasteiger partial charge on any atom is -0.325 e. The third-order valence-corrected chi connectivity index (χ3v) is 3.53. The maximum Gasteiger partial charge on any atom is 0.123 e. The van der Waals surface area contributed by atoms with Crippen molar-refractivity contribution in [1.82, 2.24) is 0 Å². The van der Waals surface area contributed by atoms with Crippen LogP contribution in [0.3, 0.4) is 0 Å². The van der Waals surface area contributed by atoms with Gasteiger partial charge in [-0.2, -0.15) is 0 Å². The molecular formula is C11H13BrFN. The first-order valence-electron chi connectivity index (χ1n) is 4.67. The Morgan fingerprint density at radius 1 is 1.07 bits per heavy atom. The minimum atomic E-state index is -0.155. The van der Waals surface area contributed by atoms with E-state index in [1.807, 2.05) is 12.1 Å². The number of halogens is 2. The van der Waals surface area contributed by atoms with Crippen LogP contribution in [0.2, 0.25) is 0 Å². The molecule has 0 radical (unpaired) electrons. The van der Waals surface area contributed by atoms with E-state index in [4.69, 9.17) is 5.73 Å². The van der Waals surface area contributed by atoms with Crippen LogP contribution in [0.15, 0.2) is 24.3 Å². The van der Waals surface area contributed by atoms with E-state index >= 15 is 0 Å². The van der Waals surface area contributed by atoms with Crippen molar-refractivity contribution in [1.29, 1.82) is 0 Å². The van der Waals surface area contributed by atoms with Gasteiger partial charge in [0.25, 0.3) is 0 Å². The molecule has 0 saturated heterocycles. The van der Waals surface area contributed by atoms with Gasteiger partial charge < -0.3 is 5.73 Å². The number of benzene rings is 1. The molecule has 1 aromatic rings. The van der Waals surface area contributed by atoms with Crippen LogP contribution >= 0.6 is 17.0 Å². The van der Waals surface area contributed by atoms with Gasteiger partial charge in [-0.1, -0.05) is 12.1 Å². The maximum absolute atomic E-state index is 12.7. The topological polar surface area (TPSA) is 26.0 Å². The molecule has 76 valence electrons. The SMILES string of the molecule is Br.NC12CC(c3ccc(F)cc3)(C1)C2. The molecule has 1 nitrogen and oxygen atoms in total. The summed E-state index contributed by atoms with van der Waals surface area (Å²) < 4.78 is 12.7. The molecule has 3 aliphatic rings. The zero-order valence-corrected chi connectivity index (χ0v) is 9.51. The molecule has 0 aromatic heterocycles. The first-order valence-corrected chi connectivity index (χ1v) is 4.67. The molecule has 2 bridgehead atoms. The second-order valence-electron chi connectivity index (χ2n) is 4.68. The van der Waals surface area contributed by atoms with Crippen molar-refractivity contribution >= 4 is 17.0 Å². The van der Waals surface area contributed by atoms with Crippen LogP contribution in [0.25, 0.3) is 0 Å². The zero-order valence-electron chi connectivity index (χ0n) is 7.79. The van der Waals surface area contributed by atoms with E-state index in [2.05, 4.69) is 0 Å². The summed E-state index contributed by atoms with van der Waals surface area (Å²) >= 11 is 0. The van der Waals surface area contributed by atoms with Crippen LogP contribution in [-0.2, 0) is 5.41 Å². The summed E-state index contributed by atoms with van der Waals surface area (Å²) in [6, 6.07) is 6.87. The molecule has 0 unspecified atom stereocenters. The molecular weight excluding hydrogens is 245 g/mol. The third kappa shape index (κ3) is 1.15. The molecule has 14 heavy (non-hydrogen) atoms. The Bertz CT molecular complexity index is 340.